The molecule has 176 valence electrons. The number of ether oxygens (including phenoxy) is 1. The molecule has 1 aromatic heterocycles. The van der Waals surface area contributed by atoms with Crippen molar-refractivity contribution in [3.63, 3.8) is 0 Å². The number of nitrogens with zero attached hydrogens (tertiary/aromatic N) is 4. The number of H-pyrrole nitrogens is 1. The molecule has 0 unspecified atom stereocenters. The average Bonchev–Trinajstić information content (AvgIpc) is 3.37. The molecule has 4 rings (SSSR count). The fourth-order valence-electron chi connectivity index (χ4n) is 5.38. The van der Waals surface area contributed by atoms with Gasteiger partial charge in [-0.3, -0.25) is 4.90 Å². The number of nitrogens with one attached hydrogen (secondary N) is 1. The monoisotopic (exact) mass is 449 g/mol. The quantitative estimate of drug-likeness (QED) is 0.707. The fourth-order valence-corrected chi connectivity index (χ4v) is 5.38. The van der Waals surface area contributed by atoms with Crippen LogP contribution in [-0.2, 0) is 11.2 Å². The third-order valence-electron chi connectivity index (χ3n) is 7.58. The van der Waals surface area contributed by atoms with Gasteiger partial charge < -0.3 is 14.6 Å². The number of hydrogen-bond acceptors (Lipinski definition) is 5. The highest BCUT2D eigenvalue weighted by molar-refractivity contribution is 5.67. The van der Waals surface area contributed by atoms with Crippen LogP contribution in [-0.4, -0.2) is 58.6 Å². The summed E-state index contributed by atoms with van der Waals surface area (Å²) in [4.78, 5) is 24.5. The molecular weight excluding hydrogens is 414 g/mol. The molecule has 0 bridgehead atoms. The van der Waals surface area contributed by atoms with Gasteiger partial charge in [-0.1, -0.05) is 45.2 Å². The Labute approximate surface area is 196 Å². The topological polar surface area (TPSA) is 85.2 Å². The second-order valence-corrected chi connectivity index (χ2v) is 9.68. The van der Waals surface area contributed by atoms with Crippen molar-refractivity contribution in [1.82, 2.24) is 19.8 Å². The summed E-state index contributed by atoms with van der Waals surface area (Å²) in [5.41, 5.74) is 2.91. The van der Waals surface area contributed by atoms with Crippen molar-refractivity contribution < 1.29 is 9.53 Å². The molecule has 2 heterocycles. The van der Waals surface area contributed by atoms with Gasteiger partial charge in [-0.15, -0.1) is 0 Å². The highest BCUT2D eigenvalue weighted by atomic mass is 16.6. The number of hydrogen-bond donors (Lipinski definition) is 1. The number of nitriles is 1. The second-order valence-electron chi connectivity index (χ2n) is 9.68. The van der Waals surface area contributed by atoms with Gasteiger partial charge in [0.25, 0.3) is 0 Å². The smallest absolute Gasteiger partial charge is 0.409 e. The van der Waals surface area contributed by atoms with Gasteiger partial charge in [-0.2, -0.15) is 5.26 Å². The van der Waals surface area contributed by atoms with Crippen LogP contribution in [0.4, 0.5) is 4.79 Å². The highest BCUT2D eigenvalue weighted by Gasteiger charge is 2.31. The summed E-state index contributed by atoms with van der Waals surface area (Å²) in [7, 11) is 0. The molecule has 33 heavy (non-hydrogen) atoms. The standard InChI is InChI=1S/C26H35N5O2/c1-19-4-3-5-20(2)23(19)17-33-26(32)31-12-10-30(11-13-31)25(24-16-28-18-29-24)14-21-6-8-22(15-27)9-7-21/h6-9,16,18-20,23,25H,3-5,10-14,17H2,1-2H3,(H,28,29)/t19-,20-,25-/m1/s1. The highest BCUT2D eigenvalue weighted by Crippen LogP contribution is 2.34. The van der Waals surface area contributed by atoms with Gasteiger partial charge in [-0.25, -0.2) is 9.78 Å². The minimum Gasteiger partial charge on any atom is -0.449 e. The van der Waals surface area contributed by atoms with E-state index in [9.17, 15) is 4.79 Å². The van der Waals surface area contributed by atoms with Crippen molar-refractivity contribution in [2.45, 2.75) is 45.6 Å². The molecule has 1 aliphatic carbocycles. The van der Waals surface area contributed by atoms with Crippen LogP contribution in [0.25, 0.3) is 0 Å². The molecule has 2 aromatic rings. The predicted molar refractivity (Wildman–Crippen MR) is 126 cm³/mol. The molecule has 3 atom stereocenters. The maximum Gasteiger partial charge on any atom is 0.409 e. The molecule has 1 saturated heterocycles. The van der Waals surface area contributed by atoms with Gasteiger partial charge in [-0.05, 0) is 41.9 Å². The van der Waals surface area contributed by atoms with E-state index >= 15 is 0 Å². The van der Waals surface area contributed by atoms with Crippen LogP contribution in [0.5, 0.6) is 0 Å². The van der Waals surface area contributed by atoms with E-state index in [1.54, 1.807) is 6.33 Å². The Morgan fingerprint density at radius 1 is 1.18 bits per heavy atom. The van der Waals surface area contributed by atoms with Gasteiger partial charge in [0, 0.05) is 32.4 Å². The molecular formula is C26H35N5O2. The van der Waals surface area contributed by atoms with Crippen molar-refractivity contribution >= 4 is 6.09 Å². The lowest BCUT2D eigenvalue weighted by atomic mass is 9.74. The predicted octanol–water partition coefficient (Wildman–Crippen LogP) is 4.39. The molecule has 7 nitrogen and oxygen atoms in total. The number of rotatable bonds is 6. The third kappa shape index (κ3) is 5.75. The number of amides is 1. The largest absolute Gasteiger partial charge is 0.449 e. The van der Waals surface area contributed by atoms with E-state index in [1.165, 1.54) is 24.8 Å². The van der Waals surface area contributed by atoms with E-state index < -0.39 is 0 Å². The minimum absolute atomic E-state index is 0.141. The zero-order valence-corrected chi connectivity index (χ0v) is 19.7. The van der Waals surface area contributed by atoms with Crippen molar-refractivity contribution in [2.75, 3.05) is 32.8 Å². The van der Waals surface area contributed by atoms with Gasteiger partial charge in [0.15, 0.2) is 0 Å². The number of carbonyl (C=O) groups is 1. The second kappa shape index (κ2) is 10.8. The molecule has 1 aromatic carbocycles. The Kier molecular flexibility index (Phi) is 7.66. The summed E-state index contributed by atoms with van der Waals surface area (Å²) in [6.07, 6.45) is 7.98. The van der Waals surface area contributed by atoms with Crippen molar-refractivity contribution in [3.8, 4) is 6.07 Å². The molecule has 1 N–H and O–H groups in total. The summed E-state index contributed by atoms with van der Waals surface area (Å²) in [5.74, 6) is 1.72. The Balaban J connectivity index is 1.33. The fraction of sp³-hybridized carbons (Fsp3) is 0.577. The van der Waals surface area contributed by atoms with Crippen LogP contribution in [0.3, 0.4) is 0 Å². The van der Waals surface area contributed by atoms with Crippen LogP contribution in [0.1, 0.15) is 56.0 Å². The first-order valence-corrected chi connectivity index (χ1v) is 12.2. The first-order chi connectivity index (χ1) is 16.0. The van der Waals surface area contributed by atoms with E-state index in [4.69, 9.17) is 10.00 Å². The summed E-state index contributed by atoms with van der Waals surface area (Å²) in [6.45, 7) is 8.00. The van der Waals surface area contributed by atoms with Crippen molar-refractivity contribution in [3.05, 3.63) is 53.6 Å². The first kappa shape index (κ1) is 23.3. The van der Waals surface area contributed by atoms with Crippen LogP contribution in [0, 0.1) is 29.1 Å². The lowest BCUT2D eigenvalue weighted by Crippen LogP contribution is -2.50. The zero-order chi connectivity index (χ0) is 23.2. The van der Waals surface area contributed by atoms with Gasteiger partial charge >= 0.3 is 6.09 Å². The summed E-state index contributed by atoms with van der Waals surface area (Å²) < 4.78 is 5.77. The molecule has 7 heteroatoms. The molecule has 1 amide bonds. The lowest BCUT2D eigenvalue weighted by molar-refractivity contribution is 0.0323. The summed E-state index contributed by atoms with van der Waals surface area (Å²) in [5, 5.41) is 9.06. The van der Waals surface area contributed by atoms with Gasteiger partial charge in [0.1, 0.15) is 0 Å². The number of carbonyl (C=O) groups excluding carboxylic acids is 1. The van der Waals surface area contributed by atoms with Crippen LogP contribution >= 0.6 is 0 Å². The lowest BCUT2D eigenvalue weighted by Gasteiger charge is -2.39. The number of aromatic nitrogens is 2. The van der Waals surface area contributed by atoms with E-state index in [-0.39, 0.29) is 12.1 Å². The summed E-state index contributed by atoms with van der Waals surface area (Å²) in [6, 6.07) is 10.1. The van der Waals surface area contributed by atoms with E-state index in [0.717, 1.165) is 25.2 Å². The molecule has 2 aliphatic rings. The van der Waals surface area contributed by atoms with Crippen molar-refractivity contribution in [1.29, 1.82) is 5.26 Å². The van der Waals surface area contributed by atoms with Gasteiger partial charge in [0.05, 0.1) is 36.3 Å². The number of piperazine rings is 1. The summed E-state index contributed by atoms with van der Waals surface area (Å²) >= 11 is 0. The minimum atomic E-state index is -0.176. The Morgan fingerprint density at radius 2 is 1.88 bits per heavy atom. The van der Waals surface area contributed by atoms with Crippen LogP contribution < -0.4 is 0 Å². The SMILES string of the molecule is C[C@@H]1CCC[C@@H](C)C1COC(=O)N1CCN([C@H](Cc2ccc(C#N)cc2)c2cnc[nH]2)CC1. The number of imidazole rings is 1. The normalized spacial score (nSPS) is 23.1. The zero-order valence-electron chi connectivity index (χ0n) is 19.7. The van der Waals surface area contributed by atoms with Crippen LogP contribution in [0.2, 0.25) is 0 Å². The Bertz CT molecular complexity index is 919. The van der Waals surface area contributed by atoms with E-state index in [2.05, 4.69) is 34.8 Å². The third-order valence-corrected chi connectivity index (χ3v) is 7.58. The Morgan fingerprint density at radius 3 is 2.48 bits per heavy atom. The van der Waals surface area contributed by atoms with Crippen LogP contribution in [0.15, 0.2) is 36.8 Å². The molecule has 0 spiro atoms. The van der Waals surface area contributed by atoms with E-state index in [0.29, 0.717) is 43.0 Å². The number of aromatic amines is 1. The van der Waals surface area contributed by atoms with E-state index in [1.807, 2.05) is 35.4 Å². The maximum atomic E-state index is 12.8. The number of benzene rings is 1. The molecule has 2 fully saturated rings. The maximum absolute atomic E-state index is 12.8. The molecule has 1 saturated carbocycles. The van der Waals surface area contributed by atoms with Gasteiger partial charge in [0.2, 0.25) is 0 Å². The average molecular weight is 450 g/mol. The Hall–Kier alpha value is -2.85. The molecule has 0 radical (unpaired) electrons. The molecule has 1 aliphatic heterocycles. The van der Waals surface area contributed by atoms with Crippen molar-refractivity contribution in [2.24, 2.45) is 17.8 Å². The first-order valence-electron chi connectivity index (χ1n) is 12.2.